The Balaban J connectivity index is 2.09. The van der Waals surface area contributed by atoms with E-state index in [1.54, 1.807) is 6.20 Å². The van der Waals surface area contributed by atoms with Crippen LogP contribution >= 0.6 is 11.6 Å². The Morgan fingerprint density at radius 1 is 1.28 bits per heavy atom. The minimum atomic E-state index is 0.695. The molecule has 0 aliphatic heterocycles. The number of halogens is 1. The number of rotatable bonds is 5. The quantitative estimate of drug-likeness (QED) is 0.834. The number of hydrogen-bond donors (Lipinski definition) is 1. The van der Waals surface area contributed by atoms with E-state index in [0.717, 1.165) is 29.9 Å². The molecule has 18 heavy (non-hydrogen) atoms. The van der Waals surface area contributed by atoms with Crippen LogP contribution in [0.2, 0.25) is 0 Å². The molecule has 2 rings (SSSR count). The highest BCUT2D eigenvalue weighted by Gasteiger charge is 1.99. The van der Waals surface area contributed by atoms with Crippen LogP contribution in [0.25, 0.3) is 0 Å². The molecule has 0 bridgehead atoms. The van der Waals surface area contributed by atoms with Gasteiger partial charge in [-0.05, 0) is 49.1 Å². The van der Waals surface area contributed by atoms with E-state index in [2.05, 4.69) is 27.6 Å². The van der Waals surface area contributed by atoms with Gasteiger partial charge >= 0.3 is 0 Å². The lowest BCUT2D eigenvalue weighted by Crippen LogP contribution is -1.96. The standard InChI is InChI=1S/C14H16ClN3/c1-11-8-14(18-16-10-11)17-13-6-2-4-12(9-13)5-3-7-15/h2,4,6,8-10H,3,5,7H2,1H3,(H,17,18). The second kappa shape index (κ2) is 6.36. The van der Waals surface area contributed by atoms with Crippen molar-refractivity contribution in [2.75, 3.05) is 11.2 Å². The molecular formula is C14H16ClN3. The van der Waals surface area contributed by atoms with Gasteiger partial charge in [0.1, 0.15) is 0 Å². The lowest BCUT2D eigenvalue weighted by atomic mass is 10.1. The first-order valence-electron chi connectivity index (χ1n) is 5.99. The number of alkyl halides is 1. The second-order valence-electron chi connectivity index (χ2n) is 4.24. The lowest BCUT2D eigenvalue weighted by Gasteiger charge is -2.07. The first-order chi connectivity index (χ1) is 8.78. The van der Waals surface area contributed by atoms with Crippen molar-refractivity contribution in [3.63, 3.8) is 0 Å². The largest absolute Gasteiger partial charge is 0.339 e. The summed E-state index contributed by atoms with van der Waals surface area (Å²) in [6, 6.07) is 10.3. The molecule has 4 heteroatoms. The highest BCUT2D eigenvalue weighted by molar-refractivity contribution is 6.17. The van der Waals surface area contributed by atoms with Crippen LogP contribution in [0.5, 0.6) is 0 Å². The van der Waals surface area contributed by atoms with Crippen LogP contribution in [0.4, 0.5) is 11.5 Å². The monoisotopic (exact) mass is 261 g/mol. The zero-order chi connectivity index (χ0) is 12.8. The summed E-state index contributed by atoms with van der Waals surface area (Å²) < 4.78 is 0. The molecule has 0 fully saturated rings. The summed E-state index contributed by atoms with van der Waals surface area (Å²) in [5.41, 5.74) is 3.40. The fraction of sp³-hybridized carbons (Fsp3) is 0.286. The smallest absolute Gasteiger partial charge is 0.153 e. The maximum atomic E-state index is 5.70. The molecule has 0 radical (unpaired) electrons. The third-order valence-corrected chi connectivity index (χ3v) is 2.86. The number of anilines is 2. The molecule has 0 aliphatic rings. The van der Waals surface area contributed by atoms with E-state index in [9.17, 15) is 0 Å². The van der Waals surface area contributed by atoms with Crippen molar-refractivity contribution in [2.45, 2.75) is 19.8 Å². The van der Waals surface area contributed by atoms with E-state index in [1.165, 1.54) is 5.56 Å². The SMILES string of the molecule is Cc1cnnc(Nc2cccc(CCCCl)c2)c1. The van der Waals surface area contributed by atoms with Crippen molar-refractivity contribution in [2.24, 2.45) is 0 Å². The number of hydrogen-bond acceptors (Lipinski definition) is 3. The van der Waals surface area contributed by atoms with Crippen LogP contribution in [0, 0.1) is 6.92 Å². The molecular weight excluding hydrogens is 246 g/mol. The molecule has 0 amide bonds. The third kappa shape index (κ3) is 3.70. The van der Waals surface area contributed by atoms with Crippen LogP contribution in [0.1, 0.15) is 17.5 Å². The van der Waals surface area contributed by atoms with Gasteiger partial charge in [0, 0.05) is 11.6 Å². The second-order valence-corrected chi connectivity index (χ2v) is 4.61. The van der Waals surface area contributed by atoms with Crippen molar-refractivity contribution in [1.29, 1.82) is 0 Å². The molecule has 1 N–H and O–H groups in total. The van der Waals surface area contributed by atoms with Crippen molar-refractivity contribution in [3.05, 3.63) is 47.7 Å². The van der Waals surface area contributed by atoms with Crippen LogP contribution in [-0.4, -0.2) is 16.1 Å². The molecule has 1 aromatic heterocycles. The van der Waals surface area contributed by atoms with Gasteiger partial charge in [-0.1, -0.05) is 12.1 Å². The Hall–Kier alpha value is -1.61. The van der Waals surface area contributed by atoms with E-state index in [-0.39, 0.29) is 0 Å². The molecule has 0 aliphatic carbocycles. The normalized spacial score (nSPS) is 10.3. The molecule has 94 valence electrons. The molecule has 2 aromatic rings. The van der Waals surface area contributed by atoms with Gasteiger partial charge in [0.05, 0.1) is 6.20 Å². The zero-order valence-electron chi connectivity index (χ0n) is 10.4. The van der Waals surface area contributed by atoms with Crippen molar-refractivity contribution < 1.29 is 0 Å². The lowest BCUT2D eigenvalue weighted by molar-refractivity contribution is 0.929. The molecule has 0 saturated heterocycles. The molecule has 0 saturated carbocycles. The minimum Gasteiger partial charge on any atom is -0.339 e. The van der Waals surface area contributed by atoms with E-state index >= 15 is 0 Å². The molecule has 0 unspecified atom stereocenters. The van der Waals surface area contributed by atoms with Crippen LogP contribution in [0.15, 0.2) is 36.5 Å². The highest BCUT2D eigenvalue weighted by Crippen LogP contribution is 2.17. The Morgan fingerprint density at radius 3 is 2.94 bits per heavy atom. The van der Waals surface area contributed by atoms with Crippen molar-refractivity contribution in [3.8, 4) is 0 Å². The van der Waals surface area contributed by atoms with Crippen molar-refractivity contribution >= 4 is 23.1 Å². The zero-order valence-corrected chi connectivity index (χ0v) is 11.1. The number of nitrogens with zero attached hydrogens (tertiary/aromatic N) is 2. The summed E-state index contributed by atoms with van der Waals surface area (Å²) >= 11 is 5.70. The first-order valence-corrected chi connectivity index (χ1v) is 6.52. The number of benzene rings is 1. The summed E-state index contributed by atoms with van der Waals surface area (Å²) in [5, 5.41) is 11.2. The summed E-state index contributed by atoms with van der Waals surface area (Å²) in [6.45, 7) is 2.00. The van der Waals surface area contributed by atoms with E-state index < -0.39 is 0 Å². The van der Waals surface area contributed by atoms with Gasteiger partial charge in [0.15, 0.2) is 5.82 Å². The highest BCUT2D eigenvalue weighted by atomic mass is 35.5. The summed E-state index contributed by atoms with van der Waals surface area (Å²) in [5.74, 6) is 1.46. The van der Waals surface area contributed by atoms with Gasteiger partial charge in [-0.2, -0.15) is 5.10 Å². The minimum absolute atomic E-state index is 0.695. The Morgan fingerprint density at radius 2 is 2.17 bits per heavy atom. The van der Waals surface area contributed by atoms with E-state index in [0.29, 0.717) is 5.88 Å². The van der Waals surface area contributed by atoms with Gasteiger partial charge in [0.25, 0.3) is 0 Å². The number of nitrogens with one attached hydrogen (secondary N) is 1. The fourth-order valence-electron chi connectivity index (χ4n) is 1.75. The molecule has 1 heterocycles. The van der Waals surface area contributed by atoms with E-state index in [4.69, 9.17) is 11.6 Å². The predicted octanol–water partition coefficient (Wildman–Crippen LogP) is 3.70. The number of aromatic nitrogens is 2. The van der Waals surface area contributed by atoms with Crippen LogP contribution in [-0.2, 0) is 6.42 Å². The van der Waals surface area contributed by atoms with Crippen molar-refractivity contribution in [1.82, 2.24) is 10.2 Å². The maximum Gasteiger partial charge on any atom is 0.153 e. The Bertz CT molecular complexity index is 514. The van der Waals surface area contributed by atoms with Gasteiger partial charge in [-0.15, -0.1) is 16.7 Å². The summed E-state index contributed by atoms with van der Waals surface area (Å²) in [7, 11) is 0. The average Bonchev–Trinajstić information content (AvgIpc) is 2.37. The molecule has 0 atom stereocenters. The number of aryl methyl sites for hydroxylation is 2. The third-order valence-electron chi connectivity index (χ3n) is 2.59. The van der Waals surface area contributed by atoms with Crippen LogP contribution in [0.3, 0.4) is 0 Å². The molecule has 0 spiro atoms. The average molecular weight is 262 g/mol. The topological polar surface area (TPSA) is 37.8 Å². The van der Waals surface area contributed by atoms with Gasteiger partial charge < -0.3 is 5.32 Å². The first kappa shape index (κ1) is 12.8. The summed E-state index contributed by atoms with van der Waals surface area (Å²) in [4.78, 5) is 0. The van der Waals surface area contributed by atoms with E-state index in [1.807, 2.05) is 25.1 Å². The fourth-order valence-corrected chi connectivity index (χ4v) is 1.88. The van der Waals surface area contributed by atoms with Crippen LogP contribution < -0.4 is 5.32 Å². The molecule has 1 aromatic carbocycles. The Kier molecular flexibility index (Phi) is 4.53. The molecule has 3 nitrogen and oxygen atoms in total. The summed E-state index contributed by atoms with van der Waals surface area (Å²) in [6.07, 6.45) is 3.73. The van der Waals surface area contributed by atoms with Gasteiger partial charge in [0.2, 0.25) is 0 Å². The van der Waals surface area contributed by atoms with Gasteiger partial charge in [-0.3, -0.25) is 0 Å². The maximum absolute atomic E-state index is 5.70. The Labute approximate surface area is 112 Å². The predicted molar refractivity (Wildman–Crippen MR) is 75.5 cm³/mol. The van der Waals surface area contributed by atoms with Gasteiger partial charge in [-0.25, -0.2) is 0 Å².